The van der Waals surface area contributed by atoms with Gasteiger partial charge in [-0.25, -0.2) is 4.68 Å². The zero-order valence-corrected chi connectivity index (χ0v) is 11.1. The van der Waals surface area contributed by atoms with Crippen molar-refractivity contribution in [2.45, 2.75) is 6.92 Å². The molecule has 0 saturated carbocycles. The van der Waals surface area contributed by atoms with Gasteiger partial charge in [0, 0.05) is 0 Å². The maximum absolute atomic E-state index is 4.32. The molecule has 18 heavy (non-hydrogen) atoms. The van der Waals surface area contributed by atoms with Crippen LogP contribution in [0.2, 0.25) is 0 Å². The standard InChI is InChI=1S/C11H9BrN6/c1-7-2-4-8(5-3-7)18-10(12)9(6-13-18)11-14-16-17-15-11/h2-6H,1H3,(H,14,15,16,17). The van der Waals surface area contributed by atoms with Gasteiger partial charge in [-0.05, 0) is 40.2 Å². The van der Waals surface area contributed by atoms with Crippen LogP contribution in [0.3, 0.4) is 0 Å². The minimum absolute atomic E-state index is 0.514. The highest BCUT2D eigenvalue weighted by atomic mass is 79.9. The van der Waals surface area contributed by atoms with E-state index in [4.69, 9.17) is 0 Å². The van der Waals surface area contributed by atoms with Gasteiger partial charge in [0.25, 0.3) is 0 Å². The first kappa shape index (κ1) is 11.1. The van der Waals surface area contributed by atoms with Crippen LogP contribution in [0, 0.1) is 6.92 Å². The first-order chi connectivity index (χ1) is 8.75. The largest absolute Gasteiger partial charge is 0.226 e. The molecule has 2 aromatic heterocycles. The van der Waals surface area contributed by atoms with E-state index in [-0.39, 0.29) is 0 Å². The first-order valence-electron chi connectivity index (χ1n) is 5.30. The van der Waals surface area contributed by atoms with Gasteiger partial charge in [-0.2, -0.15) is 10.3 Å². The highest BCUT2D eigenvalue weighted by Crippen LogP contribution is 2.27. The predicted octanol–water partition coefficient (Wildman–Crippen LogP) is 2.12. The van der Waals surface area contributed by atoms with Crippen LogP contribution in [0.5, 0.6) is 0 Å². The summed E-state index contributed by atoms with van der Waals surface area (Å²) in [5, 5.41) is 18.2. The molecular formula is C11H9BrN6. The lowest BCUT2D eigenvalue weighted by Gasteiger charge is -2.03. The SMILES string of the molecule is Cc1ccc(-n2ncc(-c3nn[nH]n3)c2Br)cc1. The molecule has 0 aliphatic heterocycles. The van der Waals surface area contributed by atoms with Crippen molar-refractivity contribution in [1.29, 1.82) is 0 Å². The van der Waals surface area contributed by atoms with Gasteiger partial charge in [0.05, 0.1) is 17.4 Å². The van der Waals surface area contributed by atoms with Crippen molar-refractivity contribution in [3.63, 3.8) is 0 Å². The van der Waals surface area contributed by atoms with Gasteiger partial charge in [0.1, 0.15) is 4.60 Å². The Bertz CT molecular complexity index is 655. The number of aromatic amines is 1. The first-order valence-corrected chi connectivity index (χ1v) is 6.09. The third kappa shape index (κ3) is 1.82. The Balaban J connectivity index is 2.07. The van der Waals surface area contributed by atoms with Crippen molar-refractivity contribution in [3.8, 4) is 17.1 Å². The second-order valence-electron chi connectivity index (χ2n) is 3.83. The molecule has 0 fully saturated rings. The molecule has 0 saturated heterocycles. The molecule has 0 aliphatic carbocycles. The van der Waals surface area contributed by atoms with E-state index in [2.05, 4.69) is 41.7 Å². The molecule has 0 atom stereocenters. The van der Waals surface area contributed by atoms with Crippen LogP contribution >= 0.6 is 15.9 Å². The van der Waals surface area contributed by atoms with Gasteiger partial charge in [0.2, 0.25) is 5.82 Å². The summed E-state index contributed by atoms with van der Waals surface area (Å²) in [5.74, 6) is 0.514. The normalized spacial score (nSPS) is 10.8. The van der Waals surface area contributed by atoms with Crippen LogP contribution in [0.4, 0.5) is 0 Å². The summed E-state index contributed by atoms with van der Waals surface area (Å²) in [6.45, 7) is 2.05. The second kappa shape index (κ2) is 4.34. The van der Waals surface area contributed by atoms with Crippen LogP contribution < -0.4 is 0 Å². The van der Waals surface area contributed by atoms with E-state index in [1.165, 1.54) is 5.56 Å². The number of rotatable bonds is 2. The molecule has 1 aromatic carbocycles. The number of halogens is 1. The number of benzene rings is 1. The van der Waals surface area contributed by atoms with Gasteiger partial charge < -0.3 is 0 Å². The zero-order chi connectivity index (χ0) is 12.5. The van der Waals surface area contributed by atoms with Crippen molar-refractivity contribution in [2.75, 3.05) is 0 Å². The molecule has 2 heterocycles. The molecule has 0 spiro atoms. The van der Waals surface area contributed by atoms with Gasteiger partial charge in [-0.3, -0.25) is 0 Å². The molecule has 3 aromatic rings. The van der Waals surface area contributed by atoms with Gasteiger partial charge in [0.15, 0.2) is 0 Å². The topological polar surface area (TPSA) is 72.3 Å². The third-order valence-electron chi connectivity index (χ3n) is 2.58. The fourth-order valence-electron chi connectivity index (χ4n) is 1.63. The van der Waals surface area contributed by atoms with Crippen molar-refractivity contribution in [2.24, 2.45) is 0 Å². The van der Waals surface area contributed by atoms with E-state index < -0.39 is 0 Å². The summed E-state index contributed by atoms with van der Waals surface area (Å²) in [6, 6.07) is 8.09. The van der Waals surface area contributed by atoms with Crippen molar-refractivity contribution < 1.29 is 0 Å². The lowest BCUT2D eigenvalue weighted by Crippen LogP contribution is -1.96. The number of nitrogens with one attached hydrogen (secondary N) is 1. The van der Waals surface area contributed by atoms with Gasteiger partial charge in [-0.15, -0.1) is 10.2 Å². The molecule has 3 rings (SSSR count). The zero-order valence-electron chi connectivity index (χ0n) is 9.50. The number of H-pyrrole nitrogens is 1. The Labute approximate surface area is 111 Å². The predicted molar refractivity (Wildman–Crippen MR) is 69.2 cm³/mol. The molecular weight excluding hydrogens is 296 g/mol. The van der Waals surface area contributed by atoms with E-state index in [0.29, 0.717) is 5.82 Å². The van der Waals surface area contributed by atoms with Gasteiger partial charge in [-0.1, -0.05) is 17.7 Å². The lowest BCUT2D eigenvalue weighted by atomic mass is 10.2. The fraction of sp³-hybridized carbons (Fsp3) is 0.0909. The Hall–Kier alpha value is -2.02. The van der Waals surface area contributed by atoms with Crippen molar-refractivity contribution >= 4 is 15.9 Å². The maximum Gasteiger partial charge on any atom is 0.209 e. The second-order valence-corrected chi connectivity index (χ2v) is 4.58. The van der Waals surface area contributed by atoms with Crippen LogP contribution in [0.25, 0.3) is 17.1 Å². The Morgan fingerprint density at radius 2 is 2.00 bits per heavy atom. The molecule has 0 radical (unpaired) electrons. The Kier molecular flexibility index (Phi) is 2.67. The number of tetrazole rings is 1. The smallest absolute Gasteiger partial charge is 0.209 e. The average molecular weight is 305 g/mol. The highest BCUT2D eigenvalue weighted by molar-refractivity contribution is 9.10. The van der Waals surface area contributed by atoms with Crippen molar-refractivity contribution in [3.05, 3.63) is 40.6 Å². The van der Waals surface area contributed by atoms with E-state index >= 15 is 0 Å². The van der Waals surface area contributed by atoms with E-state index in [1.54, 1.807) is 10.9 Å². The molecule has 0 bridgehead atoms. The third-order valence-corrected chi connectivity index (χ3v) is 3.34. The summed E-state index contributed by atoms with van der Waals surface area (Å²) in [7, 11) is 0. The number of aromatic nitrogens is 6. The van der Waals surface area contributed by atoms with Crippen LogP contribution in [-0.4, -0.2) is 30.4 Å². The Morgan fingerprint density at radius 1 is 1.22 bits per heavy atom. The molecule has 0 unspecified atom stereocenters. The number of hydrogen-bond acceptors (Lipinski definition) is 4. The molecule has 1 N–H and O–H groups in total. The summed E-state index contributed by atoms with van der Waals surface area (Å²) in [4.78, 5) is 0. The van der Waals surface area contributed by atoms with Crippen LogP contribution in [-0.2, 0) is 0 Å². The molecule has 7 heteroatoms. The minimum atomic E-state index is 0.514. The Morgan fingerprint density at radius 3 is 2.67 bits per heavy atom. The highest BCUT2D eigenvalue weighted by Gasteiger charge is 2.14. The maximum atomic E-state index is 4.32. The van der Waals surface area contributed by atoms with Crippen molar-refractivity contribution in [1.82, 2.24) is 30.4 Å². The average Bonchev–Trinajstić information content (AvgIpc) is 2.99. The molecule has 0 amide bonds. The van der Waals surface area contributed by atoms with E-state index in [0.717, 1.165) is 15.9 Å². The van der Waals surface area contributed by atoms with Gasteiger partial charge >= 0.3 is 0 Å². The van der Waals surface area contributed by atoms with Crippen LogP contribution in [0.1, 0.15) is 5.56 Å². The summed E-state index contributed by atoms with van der Waals surface area (Å²) >= 11 is 3.51. The molecule has 6 nitrogen and oxygen atoms in total. The number of aryl methyl sites for hydroxylation is 1. The number of hydrogen-bond donors (Lipinski definition) is 1. The summed E-state index contributed by atoms with van der Waals surface area (Å²) in [5.41, 5.74) is 2.98. The molecule has 0 aliphatic rings. The monoisotopic (exact) mass is 304 g/mol. The van der Waals surface area contributed by atoms with Crippen LogP contribution in [0.15, 0.2) is 35.1 Å². The fourth-order valence-corrected chi connectivity index (χ4v) is 2.20. The van der Waals surface area contributed by atoms with E-state index in [1.807, 2.05) is 31.2 Å². The minimum Gasteiger partial charge on any atom is -0.226 e. The lowest BCUT2D eigenvalue weighted by molar-refractivity contribution is 0.860. The summed E-state index contributed by atoms with van der Waals surface area (Å²) in [6.07, 6.45) is 1.70. The summed E-state index contributed by atoms with van der Waals surface area (Å²) < 4.78 is 2.58. The molecule has 90 valence electrons. The quantitative estimate of drug-likeness (QED) is 0.787. The number of nitrogens with zero attached hydrogens (tertiary/aromatic N) is 5. The van der Waals surface area contributed by atoms with E-state index in [9.17, 15) is 0 Å².